The Morgan fingerprint density at radius 2 is 2.18 bits per heavy atom. The van der Waals surface area contributed by atoms with Crippen LogP contribution in [0.15, 0.2) is 23.1 Å². The summed E-state index contributed by atoms with van der Waals surface area (Å²) in [6.45, 7) is 1.64. The van der Waals surface area contributed by atoms with E-state index in [1.54, 1.807) is 6.92 Å². The average molecular weight is 293 g/mol. The third-order valence-electron chi connectivity index (χ3n) is 1.94. The van der Waals surface area contributed by atoms with Crippen LogP contribution in [0.1, 0.15) is 12.5 Å². The predicted molar refractivity (Wildman–Crippen MR) is 66.7 cm³/mol. The molecule has 0 aliphatic rings. The molecule has 0 spiro atoms. The Hall–Kier alpha value is -0.800. The van der Waals surface area contributed by atoms with Crippen LogP contribution in [0.4, 0.5) is 0 Å². The van der Waals surface area contributed by atoms with Gasteiger partial charge in [-0.05, 0) is 25.1 Å². The van der Waals surface area contributed by atoms with Crippen molar-refractivity contribution in [2.24, 2.45) is 0 Å². The van der Waals surface area contributed by atoms with Gasteiger partial charge in [0.15, 0.2) is 0 Å². The number of nitrogens with one attached hydrogen (secondary N) is 1. The molecule has 0 radical (unpaired) electrons. The summed E-state index contributed by atoms with van der Waals surface area (Å²) in [5, 5.41) is 8.66. The lowest BCUT2D eigenvalue weighted by atomic mass is 10.2. The Labute approximate surface area is 110 Å². The summed E-state index contributed by atoms with van der Waals surface area (Å²) in [5.74, 6) is 0.160. The van der Waals surface area contributed by atoms with Crippen molar-refractivity contribution in [3.63, 3.8) is 0 Å². The van der Waals surface area contributed by atoms with Gasteiger partial charge in [-0.15, -0.1) is 11.6 Å². The molecule has 4 nitrogen and oxygen atoms in total. The van der Waals surface area contributed by atoms with Crippen molar-refractivity contribution >= 4 is 33.2 Å². The number of alkyl halides is 1. The zero-order valence-corrected chi connectivity index (χ0v) is 11.3. The van der Waals surface area contributed by atoms with E-state index in [1.807, 2.05) is 6.07 Å². The van der Waals surface area contributed by atoms with E-state index in [9.17, 15) is 8.42 Å². The van der Waals surface area contributed by atoms with Gasteiger partial charge in [0.1, 0.15) is 4.90 Å². The van der Waals surface area contributed by atoms with Gasteiger partial charge in [-0.25, -0.2) is 13.1 Å². The lowest BCUT2D eigenvalue weighted by Gasteiger charge is -2.12. The number of benzene rings is 1. The second kappa shape index (κ2) is 5.69. The molecule has 0 bridgehead atoms. The van der Waals surface area contributed by atoms with Crippen molar-refractivity contribution in [1.29, 1.82) is 5.26 Å². The fourth-order valence-corrected chi connectivity index (χ4v) is 3.10. The molecule has 1 unspecified atom stereocenters. The fourth-order valence-electron chi connectivity index (χ4n) is 1.15. The standard InChI is InChI=1S/C10H10Cl2N2O2S/c1-7(5-11)14-17(15,16)10-3-2-8(6-13)4-9(10)12/h2-4,7,14H,5H2,1H3. The predicted octanol–water partition coefficient (Wildman–Crippen LogP) is 2.12. The highest BCUT2D eigenvalue weighted by Gasteiger charge is 2.20. The first kappa shape index (κ1) is 14.3. The summed E-state index contributed by atoms with van der Waals surface area (Å²) >= 11 is 11.3. The molecule has 0 heterocycles. The van der Waals surface area contributed by atoms with Gasteiger partial charge in [-0.2, -0.15) is 5.26 Å². The lowest BCUT2D eigenvalue weighted by molar-refractivity contribution is 0.570. The van der Waals surface area contributed by atoms with E-state index in [-0.39, 0.29) is 15.8 Å². The molecule has 0 aliphatic heterocycles. The Bertz CT molecular complexity index is 552. The summed E-state index contributed by atoms with van der Waals surface area (Å²) < 4.78 is 26.1. The number of hydrogen-bond donors (Lipinski definition) is 1. The van der Waals surface area contributed by atoms with Crippen molar-refractivity contribution in [2.75, 3.05) is 5.88 Å². The molecule has 0 aliphatic carbocycles. The van der Waals surface area contributed by atoms with Crippen molar-refractivity contribution in [3.8, 4) is 6.07 Å². The van der Waals surface area contributed by atoms with Crippen LogP contribution >= 0.6 is 23.2 Å². The number of nitriles is 1. The van der Waals surface area contributed by atoms with Crippen molar-refractivity contribution in [3.05, 3.63) is 28.8 Å². The van der Waals surface area contributed by atoms with Crippen molar-refractivity contribution in [2.45, 2.75) is 17.9 Å². The van der Waals surface area contributed by atoms with Gasteiger partial charge >= 0.3 is 0 Å². The normalized spacial score (nSPS) is 13.1. The molecular weight excluding hydrogens is 283 g/mol. The molecule has 1 atom stereocenters. The fraction of sp³-hybridized carbons (Fsp3) is 0.300. The lowest BCUT2D eigenvalue weighted by Crippen LogP contribution is -2.33. The topological polar surface area (TPSA) is 70.0 Å². The number of nitrogens with zero attached hydrogens (tertiary/aromatic N) is 1. The Morgan fingerprint density at radius 1 is 1.53 bits per heavy atom. The first-order valence-electron chi connectivity index (χ1n) is 4.68. The van der Waals surface area contributed by atoms with Crippen LogP contribution in [0, 0.1) is 11.3 Å². The van der Waals surface area contributed by atoms with E-state index in [0.29, 0.717) is 5.56 Å². The first-order valence-corrected chi connectivity index (χ1v) is 7.08. The second-order valence-electron chi connectivity index (χ2n) is 3.43. The van der Waals surface area contributed by atoms with Gasteiger partial charge in [-0.3, -0.25) is 0 Å². The molecule has 0 saturated heterocycles. The van der Waals surface area contributed by atoms with E-state index in [0.717, 1.165) is 0 Å². The summed E-state index contributed by atoms with van der Waals surface area (Å²) in [4.78, 5) is -0.0601. The maximum atomic E-state index is 11.9. The zero-order chi connectivity index (χ0) is 13.1. The molecule has 0 saturated carbocycles. The molecular formula is C10H10Cl2N2O2S. The second-order valence-corrected chi connectivity index (χ2v) is 5.83. The van der Waals surface area contributed by atoms with Crippen LogP contribution in [0.2, 0.25) is 5.02 Å². The Morgan fingerprint density at radius 3 is 2.65 bits per heavy atom. The van der Waals surface area contributed by atoms with Crippen LogP contribution in [0.25, 0.3) is 0 Å². The van der Waals surface area contributed by atoms with Gasteiger partial charge in [0.25, 0.3) is 0 Å². The smallest absolute Gasteiger partial charge is 0.207 e. The maximum absolute atomic E-state index is 11.9. The molecule has 92 valence electrons. The molecule has 0 aromatic heterocycles. The molecule has 1 aromatic rings. The highest BCUT2D eigenvalue weighted by Crippen LogP contribution is 2.22. The molecule has 1 N–H and O–H groups in total. The van der Waals surface area contributed by atoms with Gasteiger partial charge in [0, 0.05) is 11.9 Å². The summed E-state index contributed by atoms with van der Waals surface area (Å²) in [7, 11) is -3.70. The van der Waals surface area contributed by atoms with Crippen LogP contribution in [0.5, 0.6) is 0 Å². The largest absolute Gasteiger partial charge is 0.242 e. The van der Waals surface area contributed by atoms with Crippen molar-refractivity contribution < 1.29 is 8.42 Å². The number of halogens is 2. The molecule has 0 fully saturated rings. The molecule has 7 heteroatoms. The van der Waals surface area contributed by atoms with Crippen LogP contribution in [-0.4, -0.2) is 20.3 Å². The minimum atomic E-state index is -3.70. The third-order valence-corrected chi connectivity index (χ3v) is 4.47. The van der Waals surface area contributed by atoms with Gasteiger partial charge in [0.05, 0.1) is 16.7 Å². The van der Waals surface area contributed by atoms with Crippen molar-refractivity contribution in [1.82, 2.24) is 4.72 Å². The molecule has 0 amide bonds. The van der Waals surface area contributed by atoms with Gasteiger partial charge in [0.2, 0.25) is 10.0 Å². The highest BCUT2D eigenvalue weighted by atomic mass is 35.5. The van der Waals surface area contributed by atoms with Gasteiger partial charge in [-0.1, -0.05) is 11.6 Å². The Balaban J connectivity index is 3.13. The SMILES string of the molecule is CC(CCl)NS(=O)(=O)c1ccc(C#N)cc1Cl. The maximum Gasteiger partial charge on any atom is 0.242 e. The van der Waals surface area contributed by atoms with Gasteiger partial charge < -0.3 is 0 Å². The van der Waals surface area contributed by atoms with Crippen LogP contribution in [0.3, 0.4) is 0 Å². The number of hydrogen-bond acceptors (Lipinski definition) is 3. The highest BCUT2D eigenvalue weighted by molar-refractivity contribution is 7.89. The van der Waals surface area contributed by atoms with E-state index in [4.69, 9.17) is 28.5 Å². The van der Waals surface area contributed by atoms with E-state index < -0.39 is 16.1 Å². The minimum absolute atomic E-state index is 0.0123. The molecule has 1 aromatic carbocycles. The monoisotopic (exact) mass is 292 g/mol. The van der Waals surface area contributed by atoms with E-state index in [2.05, 4.69) is 4.72 Å². The average Bonchev–Trinajstić information content (AvgIpc) is 2.27. The number of sulfonamides is 1. The Kier molecular flexibility index (Phi) is 4.78. The van der Waals surface area contributed by atoms with Crippen LogP contribution in [-0.2, 0) is 10.0 Å². The van der Waals surface area contributed by atoms with E-state index in [1.165, 1.54) is 18.2 Å². The van der Waals surface area contributed by atoms with E-state index >= 15 is 0 Å². The first-order chi connectivity index (χ1) is 7.90. The number of rotatable bonds is 4. The van der Waals surface area contributed by atoms with Crippen LogP contribution < -0.4 is 4.72 Å². The minimum Gasteiger partial charge on any atom is -0.207 e. The molecule has 17 heavy (non-hydrogen) atoms. The third kappa shape index (κ3) is 3.58. The zero-order valence-electron chi connectivity index (χ0n) is 8.94. The summed E-state index contributed by atoms with van der Waals surface area (Å²) in [6, 6.07) is 5.48. The molecule has 1 rings (SSSR count). The summed E-state index contributed by atoms with van der Waals surface area (Å²) in [6.07, 6.45) is 0. The quantitative estimate of drug-likeness (QED) is 0.864. The summed E-state index contributed by atoms with van der Waals surface area (Å²) in [5.41, 5.74) is 0.305.